The summed E-state index contributed by atoms with van der Waals surface area (Å²) in [6.45, 7) is 6.06. The zero-order valence-electron chi connectivity index (χ0n) is 14.2. The van der Waals surface area contributed by atoms with Crippen LogP contribution in [-0.2, 0) is 4.74 Å². The Morgan fingerprint density at radius 1 is 1.22 bits per heavy atom. The van der Waals surface area contributed by atoms with E-state index in [1.807, 2.05) is 0 Å². The van der Waals surface area contributed by atoms with Crippen molar-refractivity contribution >= 4 is 17.3 Å². The summed E-state index contributed by atoms with van der Waals surface area (Å²) in [6, 6.07) is 6.94. The van der Waals surface area contributed by atoms with Crippen LogP contribution in [0.5, 0.6) is 0 Å². The van der Waals surface area contributed by atoms with Crippen LogP contribution >= 0.6 is 11.6 Å². The normalized spacial score (nSPS) is 22.0. The average molecular weight is 338 g/mol. The fourth-order valence-corrected chi connectivity index (χ4v) is 4.06. The fourth-order valence-electron chi connectivity index (χ4n) is 3.77. The van der Waals surface area contributed by atoms with Crippen LogP contribution in [-0.4, -0.2) is 58.4 Å². The summed E-state index contributed by atoms with van der Waals surface area (Å²) in [5, 5.41) is 4.35. The Morgan fingerprint density at radius 3 is 2.52 bits per heavy atom. The van der Waals surface area contributed by atoms with E-state index in [-0.39, 0.29) is 0 Å². The van der Waals surface area contributed by atoms with Gasteiger partial charge in [0.15, 0.2) is 0 Å². The van der Waals surface area contributed by atoms with Gasteiger partial charge < -0.3 is 15.0 Å². The minimum atomic E-state index is 0.407. The van der Waals surface area contributed by atoms with Gasteiger partial charge in [0.2, 0.25) is 0 Å². The lowest BCUT2D eigenvalue weighted by atomic mass is 9.85. The summed E-state index contributed by atoms with van der Waals surface area (Å²) in [5.74, 6) is 0.629. The highest BCUT2D eigenvalue weighted by Crippen LogP contribution is 2.39. The lowest BCUT2D eigenvalue weighted by Crippen LogP contribution is -2.47. The van der Waals surface area contributed by atoms with Crippen LogP contribution in [0, 0.1) is 5.92 Å². The van der Waals surface area contributed by atoms with Crippen molar-refractivity contribution in [1.29, 1.82) is 0 Å². The number of nitrogens with one attached hydrogen (secondary N) is 1. The number of hydrogen-bond acceptors (Lipinski definition) is 4. The largest absolute Gasteiger partial charge is 0.381 e. The minimum Gasteiger partial charge on any atom is -0.381 e. The molecular formula is C18H28ClN3O. The zero-order chi connectivity index (χ0) is 16.2. The van der Waals surface area contributed by atoms with Crippen LogP contribution in [0.3, 0.4) is 0 Å². The van der Waals surface area contributed by atoms with Crippen LogP contribution in [0.25, 0.3) is 0 Å². The molecule has 0 bridgehead atoms. The van der Waals surface area contributed by atoms with Gasteiger partial charge in [-0.3, -0.25) is 4.90 Å². The number of piperazine rings is 1. The molecule has 0 radical (unpaired) electrons. The number of anilines is 1. The molecule has 0 spiro atoms. The SMILES string of the molecule is CN(C)c1ccc([C@@H](C2CCOCC2)N2CCNCC2)c(Cl)c1. The van der Waals surface area contributed by atoms with E-state index in [0.717, 1.165) is 62.9 Å². The van der Waals surface area contributed by atoms with Crippen molar-refractivity contribution in [2.24, 2.45) is 5.92 Å². The molecule has 1 aromatic rings. The van der Waals surface area contributed by atoms with E-state index in [0.29, 0.717) is 12.0 Å². The Morgan fingerprint density at radius 2 is 1.91 bits per heavy atom. The Hall–Kier alpha value is -0.810. The number of nitrogens with zero attached hydrogens (tertiary/aromatic N) is 2. The lowest BCUT2D eigenvalue weighted by molar-refractivity contribution is 0.0213. The predicted molar refractivity (Wildman–Crippen MR) is 96.5 cm³/mol. The van der Waals surface area contributed by atoms with Gasteiger partial charge in [-0.25, -0.2) is 0 Å². The summed E-state index contributed by atoms with van der Waals surface area (Å²) in [5.41, 5.74) is 2.44. The average Bonchev–Trinajstić information content (AvgIpc) is 2.58. The van der Waals surface area contributed by atoms with E-state index in [9.17, 15) is 0 Å². The second kappa shape index (κ2) is 7.84. The smallest absolute Gasteiger partial charge is 0.0474 e. The molecule has 2 heterocycles. The van der Waals surface area contributed by atoms with Gasteiger partial charge in [0, 0.05) is 70.2 Å². The molecule has 0 amide bonds. The maximum atomic E-state index is 6.71. The molecule has 1 N–H and O–H groups in total. The van der Waals surface area contributed by atoms with Crippen molar-refractivity contribution in [3.8, 4) is 0 Å². The summed E-state index contributed by atoms with van der Waals surface area (Å²) in [4.78, 5) is 4.72. The van der Waals surface area contributed by atoms with Gasteiger partial charge in [0.05, 0.1) is 0 Å². The summed E-state index contributed by atoms with van der Waals surface area (Å²) >= 11 is 6.71. The predicted octanol–water partition coefficient (Wildman–Crippen LogP) is 2.78. The molecule has 1 atom stereocenters. The van der Waals surface area contributed by atoms with Crippen LogP contribution < -0.4 is 10.2 Å². The molecule has 128 valence electrons. The van der Waals surface area contributed by atoms with E-state index in [1.165, 1.54) is 5.56 Å². The highest BCUT2D eigenvalue weighted by atomic mass is 35.5. The first-order valence-electron chi connectivity index (χ1n) is 8.66. The van der Waals surface area contributed by atoms with Gasteiger partial charge in [-0.1, -0.05) is 17.7 Å². The number of rotatable bonds is 4. The molecule has 2 fully saturated rings. The van der Waals surface area contributed by atoms with Gasteiger partial charge in [-0.05, 0) is 36.5 Å². The van der Waals surface area contributed by atoms with Gasteiger partial charge in [-0.2, -0.15) is 0 Å². The Bertz CT molecular complexity index is 493. The van der Waals surface area contributed by atoms with Gasteiger partial charge in [0.25, 0.3) is 0 Å². The van der Waals surface area contributed by atoms with E-state index in [1.54, 1.807) is 0 Å². The summed E-state index contributed by atoms with van der Waals surface area (Å²) < 4.78 is 5.58. The molecule has 2 saturated heterocycles. The van der Waals surface area contributed by atoms with E-state index in [4.69, 9.17) is 16.3 Å². The molecule has 3 rings (SSSR count). The van der Waals surface area contributed by atoms with Gasteiger partial charge in [0.1, 0.15) is 0 Å². The molecule has 0 saturated carbocycles. The molecule has 0 unspecified atom stereocenters. The third kappa shape index (κ3) is 4.00. The molecule has 4 nitrogen and oxygen atoms in total. The van der Waals surface area contributed by atoms with Crippen molar-refractivity contribution < 1.29 is 4.74 Å². The number of benzene rings is 1. The number of ether oxygens (including phenoxy) is 1. The molecule has 5 heteroatoms. The first kappa shape index (κ1) is 17.0. The molecule has 0 aliphatic carbocycles. The van der Waals surface area contributed by atoms with Crippen molar-refractivity contribution in [2.45, 2.75) is 18.9 Å². The first-order chi connectivity index (χ1) is 11.2. The highest BCUT2D eigenvalue weighted by Gasteiger charge is 2.32. The Labute approximate surface area is 144 Å². The van der Waals surface area contributed by atoms with E-state index < -0.39 is 0 Å². The van der Waals surface area contributed by atoms with Crippen LogP contribution in [0.1, 0.15) is 24.4 Å². The third-order valence-corrected chi connectivity index (χ3v) is 5.40. The lowest BCUT2D eigenvalue weighted by Gasteiger charge is -2.41. The maximum absolute atomic E-state index is 6.71. The van der Waals surface area contributed by atoms with E-state index in [2.05, 4.69) is 47.4 Å². The second-order valence-electron chi connectivity index (χ2n) is 6.78. The number of hydrogen-bond donors (Lipinski definition) is 1. The van der Waals surface area contributed by atoms with Crippen molar-refractivity contribution in [2.75, 3.05) is 58.4 Å². The van der Waals surface area contributed by atoms with Crippen LogP contribution in [0.2, 0.25) is 5.02 Å². The van der Waals surface area contributed by atoms with Crippen molar-refractivity contribution in [1.82, 2.24) is 10.2 Å². The second-order valence-corrected chi connectivity index (χ2v) is 7.19. The molecule has 23 heavy (non-hydrogen) atoms. The van der Waals surface area contributed by atoms with Crippen molar-refractivity contribution in [3.63, 3.8) is 0 Å². The summed E-state index contributed by atoms with van der Waals surface area (Å²) in [6.07, 6.45) is 2.25. The third-order valence-electron chi connectivity index (χ3n) is 5.08. The Kier molecular flexibility index (Phi) is 5.81. The quantitative estimate of drug-likeness (QED) is 0.914. The standard InChI is InChI=1S/C18H28ClN3O/c1-21(2)15-3-4-16(17(19)13-15)18(14-5-11-23-12-6-14)22-9-7-20-8-10-22/h3-4,13-14,18,20H,5-12H2,1-2H3/t18-/m1/s1. The minimum absolute atomic E-state index is 0.407. The highest BCUT2D eigenvalue weighted by molar-refractivity contribution is 6.31. The summed E-state index contributed by atoms with van der Waals surface area (Å²) in [7, 11) is 4.11. The first-order valence-corrected chi connectivity index (χ1v) is 9.04. The monoisotopic (exact) mass is 337 g/mol. The van der Waals surface area contributed by atoms with E-state index >= 15 is 0 Å². The molecule has 2 aliphatic heterocycles. The van der Waals surface area contributed by atoms with Crippen LogP contribution in [0.15, 0.2) is 18.2 Å². The number of halogens is 1. The molecule has 1 aromatic carbocycles. The fraction of sp³-hybridized carbons (Fsp3) is 0.667. The van der Waals surface area contributed by atoms with Crippen LogP contribution in [0.4, 0.5) is 5.69 Å². The zero-order valence-corrected chi connectivity index (χ0v) is 15.0. The molecule has 0 aromatic heterocycles. The van der Waals surface area contributed by atoms with Crippen molar-refractivity contribution in [3.05, 3.63) is 28.8 Å². The van der Waals surface area contributed by atoms with Gasteiger partial charge in [-0.15, -0.1) is 0 Å². The molecular weight excluding hydrogens is 310 g/mol. The maximum Gasteiger partial charge on any atom is 0.0474 e. The van der Waals surface area contributed by atoms with Gasteiger partial charge >= 0.3 is 0 Å². The Balaban J connectivity index is 1.90. The topological polar surface area (TPSA) is 27.7 Å². The molecule has 2 aliphatic rings.